The molecule has 0 saturated carbocycles. The molecule has 2 aromatic rings. The molecule has 0 bridgehead atoms. The van der Waals surface area contributed by atoms with Crippen LogP contribution >= 0.6 is 23.2 Å². The van der Waals surface area contributed by atoms with Crippen LogP contribution in [0.1, 0.15) is 12.0 Å². The predicted octanol–water partition coefficient (Wildman–Crippen LogP) is 3.67. The molecule has 3 rings (SSSR count). The molecule has 2 amide bonds. The van der Waals surface area contributed by atoms with E-state index in [1.54, 1.807) is 25.3 Å². The number of amides is 2. The molecule has 26 heavy (non-hydrogen) atoms. The van der Waals surface area contributed by atoms with Gasteiger partial charge in [0.1, 0.15) is 5.75 Å². The first-order valence-electron chi connectivity index (χ1n) is 8.14. The fourth-order valence-corrected chi connectivity index (χ4v) is 3.37. The molecule has 0 radical (unpaired) electrons. The van der Waals surface area contributed by atoms with Crippen molar-refractivity contribution < 1.29 is 14.3 Å². The van der Waals surface area contributed by atoms with Crippen molar-refractivity contribution in [3.05, 3.63) is 58.1 Å². The number of ether oxygens (including phenoxy) is 1. The first-order chi connectivity index (χ1) is 12.5. The lowest BCUT2D eigenvalue weighted by molar-refractivity contribution is -0.126. The van der Waals surface area contributed by atoms with Gasteiger partial charge in [0.05, 0.1) is 23.7 Å². The molecule has 1 aliphatic heterocycles. The fraction of sp³-hybridized carbons (Fsp3) is 0.263. The third kappa shape index (κ3) is 3.94. The number of hydrogen-bond donors (Lipinski definition) is 1. The van der Waals surface area contributed by atoms with Crippen molar-refractivity contribution in [3.8, 4) is 5.75 Å². The highest BCUT2D eigenvalue weighted by Crippen LogP contribution is 2.33. The van der Waals surface area contributed by atoms with Crippen LogP contribution in [0.3, 0.4) is 0 Å². The number of hydrogen-bond acceptors (Lipinski definition) is 3. The molecule has 0 aliphatic carbocycles. The van der Waals surface area contributed by atoms with E-state index in [4.69, 9.17) is 27.9 Å². The summed E-state index contributed by atoms with van der Waals surface area (Å²) < 4.78 is 5.28. The zero-order chi connectivity index (χ0) is 18.7. The minimum atomic E-state index is -0.438. The molecular weight excluding hydrogens is 375 g/mol. The van der Waals surface area contributed by atoms with E-state index in [0.717, 1.165) is 5.56 Å². The summed E-state index contributed by atoms with van der Waals surface area (Å²) >= 11 is 12.2. The zero-order valence-electron chi connectivity index (χ0n) is 14.2. The topological polar surface area (TPSA) is 58.6 Å². The summed E-state index contributed by atoms with van der Waals surface area (Å²) in [7, 11) is 1.59. The Labute approximate surface area is 161 Å². The van der Waals surface area contributed by atoms with Crippen molar-refractivity contribution >= 4 is 40.7 Å². The second-order valence-corrected chi connectivity index (χ2v) is 6.87. The summed E-state index contributed by atoms with van der Waals surface area (Å²) in [5.41, 5.74) is 1.41. The van der Waals surface area contributed by atoms with E-state index in [0.29, 0.717) is 28.0 Å². The molecule has 5 nitrogen and oxygen atoms in total. The number of carbonyl (C=O) groups is 2. The molecule has 0 aromatic heterocycles. The van der Waals surface area contributed by atoms with Gasteiger partial charge in [-0.3, -0.25) is 9.59 Å². The smallest absolute Gasteiger partial charge is 0.227 e. The first kappa shape index (κ1) is 18.5. The Kier molecular flexibility index (Phi) is 5.69. The van der Waals surface area contributed by atoms with E-state index in [9.17, 15) is 9.59 Å². The molecule has 2 aromatic carbocycles. The maximum atomic E-state index is 12.5. The first-order valence-corrected chi connectivity index (χ1v) is 8.90. The molecule has 1 saturated heterocycles. The summed E-state index contributed by atoms with van der Waals surface area (Å²) in [6.07, 6.45) is 0.139. The van der Waals surface area contributed by atoms with Gasteiger partial charge in [-0.1, -0.05) is 41.4 Å². The van der Waals surface area contributed by atoms with Gasteiger partial charge in [-0.05, 0) is 24.3 Å². The lowest BCUT2D eigenvalue weighted by Gasteiger charge is -2.18. The van der Waals surface area contributed by atoms with Crippen molar-refractivity contribution in [3.63, 3.8) is 0 Å². The van der Waals surface area contributed by atoms with Gasteiger partial charge < -0.3 is 15.0 Å². The van der Waals surface area contributed by atoms with Crippen molar-refractivity contribution in [1.82, 2.24) is 5.32 Å². The summed E-state index contributed by atoms with van der Waals surface area (Å²) in [6.45, 7) is 0.613. The van der Waals surface area contributed by atoms with E-state index in [1.165, 1.54) is 4.90 Å². The van der Waals surface area contributed by atoms with Crippen LogP contribution in [0.4, 0.5) is 5.69 Å². The monoisotopic (exact) mass is 392 g/mol. The third-order valence-electron chi connectivity index (χ3n) is 4.34. The van der Waals surface area contributed by atoms with Crippen LogP contribution in [-0.4, -0.2) is 25.5 Å². The SMILES string of the molecule is COc1ccccc1CNC(=O)C1CC(=O)N(c2cc(Cl)ccc2Cl)C1. The number of carbonyl (C=O) groups excluding carboxylic acids is 2. The summed E-state index contributed by atoms with van der Waals surface area (Å²) in [5, 5.41) is 3.79. The standard InChI is InChI=1S/C19H18Cl2N2O3/c1-26-17-5-3-2-4-12(17)10-22-19(25)13-8-18(24)23(11-13)16-9-14(20)6-7-15(16)21/h2-7,9,13H,8,10-11H2,1H3,(H,22,25). The number of nitrogens with one attached hydrogen (secondary N) is 1. The van der Waals surface area contributed by atoms with Crippen molar-refractivity contribution in [1.29, 1.82) is 0 Å². The Morgan fingerprint density at radius 3 is 2.81 bits per heavy atom. The lowest BCUT2D eigenvalue weighted by Crippen LogP contribution is -2.32. The number of benzene rings is 2. The molecule has 7 heteroatoms. The Morgan fingerprint density at radius 2 is 2.04 bits per heavy atom. The third-order valence-corrected chi connectivity index (χ3v) is 4.90. The van der Waals surface area contributed by atoms with Crippen LogP contribution in [0.2, 0.25) is 10.0 Å². The quantitative estimate of drug-likeness (QED) is 0.844. The Bertz CT molecular complexity index is 841. The van der Waals surface area contributed by atoms with Crippen molar-refractivity contribution in [2.24, 2.45) is 5.92 Å². The van der Waals surface area contributed by atoms with Gasteiger partial charge in [0, 0.05) is 30.1 Å². The van der Waals surface area contributed by atoms with Crippen molar-refractivity contribution in [2.75, 3.05) is 18.6 Å². The highest BCUT2D eigenvalue weighted by atomic mass is 35.5. The van der Waals surface area contributed by atoms with E-state index in [2.05, 4.69) is 5.32 Å². The molecule has 1 fully saturated rings. The Hall–Kier alpha value is -2.24. The molecular formula is C19H18Cl2N2O3. The Balaban J connectivity index is 1.66. The van der Waals surface area contributed by atoms with E-state index < -0.39 is 5.92 Å². The van der Waals surface area contributed by atoms with Crippen LogP contribution < -0.4 is 15.0 Å². The van der Waals surface area contributed by atoms with Gasteiger partial charge in [-0.25, -0.2) is 0 Å². The predicted molar refractivity (Wildman–Crippen MR) is 102 cm³/mol. The number of anilines is 1. The lowest BCUT2D eigenvalue weighted by atomic mass is 10.1. The minimum absolute atomic E-state index is 0.139. The van der Waals surface area contributed by atoms with Gasteiger partial charge in [0.2, 0.25) is 11.8 Å². The van der Waals surface area contributed by atoms with Gasteiger partial charge >= 0.3 is 0 Å². The summed E-state index contributed by atoms with van der Waals surface area (Å²) in [5.74, 6) is -0.0496. The van der Waals surface area contributed by atoms with E-state index >= 15 is 0 Å². The van der Waals surface area contributed by atoms with Crippen LogP contribution in [0.25, 0.3) is 0 Å². The van der Waals surface area contributed by atoms with Crippen LogP contribution in [0.15, 0.2) is 42.5 Å². The van der Waals surface area contributed by atoms with Crippen LogP contribution in [-0.2, 0) is 16.1 Å². The van der Waals surface area contributed by atoms with Crippen LogP contribution in [0.5, 0.6) is 5.75 Å². The second-order valence-electron chi connectivity index (χ2n) is 6.03. The highest BCUT2D eigenvalue weighted by Gasteiger charge is 2.35. The van der Waals surface area contributed by atoms with Gasteiger partial charge in [0.25, 0.3) is 0 Å². The number of methoxy groups -OCH3 is 1. The minimum Gasteiger partial charge on any atom is -0.496 e. The maximum absolute atomic E-state index is 12.5. The largest absolute Gasteiger partial charge is 0.496 e. The summed E-state index contributed by atoms with van der Waals surface area (Å²) in [4.78, 5) is 26.4. The maximum Gasteiger partial charge on any atom is 0.227 e. The second kappa shape index (κ2) is 7.98. The zero-order valence-corrected chi connectivity index (χ0v) is 15.7. The van der Waals surface area contributed by atoms with Crippen molar-refractivity contribution in [2.45, 2.75) is 13.0 Å². The van der Waals surface area contributed by atoms with E-state index in [-0.39, 0.29) is 24.8 Å². The molecule has 1 N–H and O–H groups in total. The van der Waals surface area contributed by atoms with Gasteiger partial charge in [-0.2, -0.15) is 0 Å². The number of nitrogens with zero attached hydrogens (tertiary/aromatic N) is 1. The average molecular weight is 393 g/mol. The normalized spacial score (nSPS) is 16.7. The van der Waals surface area contributed by atoms with E-state index in [1.807, 2.05) is 24.3 Å². The van der Waals surface area contributed by atoms with Gasteiger partial charge in [-0.15, -0.1) is 0 Å². The fourth-order valence-electron chi connectivity index (χ4n) is 2.98. The van der Waals surface area contributed by atoms with Crippen LogP contribution in [0, 0.1) is 5.92 Å². The molecule has 0 spiro atoms. The molecule has 1 heterocycles. The van der Waals surface area contributed by atoms with Gasteiger partial charge in [0.15, 0.2) is 0 Å². The highest BCUT2D eigenvalue weighted by molar-refractivity contribution is 6.35. The average Bonchev–Trinajstić information content (AvgIpc) is 3.03. The number of para-hydroxylation sites is 1. The molecule has 1 atom stereocenters. The molecule has 1 unspecified atom stereocenters. The molecule has 1 aliphatic rings. The molecule has 136 valence electrons. The summed E-state index contributed by atoms with van der Waals surface area (Å²) in [6, 6.07) is 12.4. The number of halogens is 2. The Morgan fingerprint density at radius 1 is 1.27 bits per heavy atom. The number of rotatable bonds is 5.